The summed E-state index contributed by atoms with van der Waals surface area (Å²) >= 11 is 1.88. The average Bonchev–Trinajstić information content (AvgIpc) is 4.07. The second-order valence-electron chi connectivity index (χ2n) is 19.4. The molecule has 0 N–H and O–H groups in total. The lowest BCUT2D eigenvalue weighted by atomic mass is 9.66. The van der Waals surface area contributed by atoms with Crippen LogP contribution in [0, 0.1) is 0 Å². The van der Waals surface area contributed by atoms with E-state index in [1.165, 1.54) is 65.4 Å². The number of benzene rings is 11. The van der Waals surface area contributed by atoms with Crippen molar-refractivity contribution in [1.82, 2.24) is 0 Å². The molecule has 0 fully saturated rings. The summed E-state index contributed by atoms with van der Waals surface area (Å²) in [6, 6.07) is 91.7. The second-order valence-corrected chi connectivity index (χ2v) is 20.5. The number of rotatable bonds is 4. The van der Waals surface area contributed by atoms with Crippen LogP contribution in [0.3, 0.4) is 0 Å². The van der Waals surface area contributed by atoms with Crippen LogP contribution in [-0.2, 0) is 10.8 Å². The van der Waals surface area contributed by atoms with Gasteiger partial charge < -0.3 is 14.1 Å². The van der Waals surface area contributed by atoms with Gasteiger partial charge in [-0.15, -0.1) is 0 Å². The monoisotopic (exact) mass is 935 g/mol. The summed E-state index contributed by atoms with van der Waals surface area (Å²) < 4.78 is 13.0. The van der Waals surface area contributed by atoms with Gasteiger partial charge in [0, 0.05) is 48.5 Å². The van der Waals surface area contributed by atoms with Gasteiger partial charge in [0.15, 0.2) is 0 Å². The zero-order chi connectivity index (χ0) is 47.1. The highest BCUT2D eigenvalue weighted by atomic mass is 32.2. The fraction of sp³-hybridized carbons (Fsp3) is 0.0294. The minimum absolute atomic E-state index is 0.531. The Morgan fingerprint density at radius 3 is 1.40 bits per heavy atom. The van der Waals surface area contributed by atoms with Crippen molar-refractivity contribution in [2.45, 2.75) is 20.6 Å². The molecule has 72 heavy (non-hydrogen) atoms. The molecule has 11 aromatic carbocycles. The number of para-hydroxylation sites is 3. The summed E-state index contributed by atoms with van der Waals surface area (Å²) in [4.78, 5) is 5.14. The molecule has 4 heteroatoms. The van der Waals surface area contributed by atoms with Crippen LogP contribution < -0.4 is 9.64 Å². The van der Waals surface area contributed by atoms with Gasteiger partial charge in [0.05, 0.1) is 22.2 Å². The molecule has 2 aliphatic carbocycles. The highest BCUT2D eigenvalue weighted by molar-refractivity contribution is 7.99. The van der Waals surface area contributed by atoms with Gasteiger partial charge in [-0.3, -0.25) is 0 Å². The molecular formula is C68H41NO2S. The van der Waals surface area contributed by atoms with E-state index in [-0.39, 0.29) is 0 Å². The summed E-state index contributed by atoms with van der Waals surface area (Å²) in [5, 5.41) is 2.25. The normalized spacial score (nSPS) is 14.4. The number of furan rings is 1. The molecule has 12 aromatic rings. The lowest BCUT2D eigenvalue weighted by Crippen LogP contribution is -2.32. The SMILES string of the molecule is c1ccc2c(c1)Oc1ccccc1C21c2ccccc2-c2c(N(c3ccc(-c4ccc5oc6ccccc6c5c4)cc3)c3cccc4c3-c3ccccc3C43c4ccccc4Sc4ccccc43)cccc21. The third-order valence-corrected chi connectivity index (χ3v) is 17.2. The largest absolute Gasteiger partial charge is 0.457 e. The van der Waals surface area contributed by atoms with Crippen molar-refractivity contribution in [1.29, 1.82) is 0 Å². The Morgan fingerprint density at radius 1 is 0.333 bits per heavy atom. The van der Waals surface area contributed by atoms with Gasteiger partial charge in [-0.2, -0.15) is 0 Å². The number of anilines is 3. The van der Waals surface area contributed by atoms with Crippen molar-refractivity contribution in [3.63, 3.8) is 0 Å². The molecule has 1 aromatic heterocycles. The third-order valence-electron chi connectivity index (χ3n) is 16.0. The molecule has 3 nitrogen and oxygen atoms in total. The van der Waals surface area contributed by atoms with Crippen molar-refractivity contribution in [3.05, 3.63) is 293 Å². The third kappa shape index (κ3) is 5.16. The maximum absolute atomic E-state index is 6.77. The lowest BCUT2D eigenvalue weighted by molar-refractivity contribution is 0.436. The second kappa shape index (κ2) is 14.8. The van der Waals surface area contributed by atoms with Crippen LogP contribution in [0.4, 0.5) is 17.1 Å². The number of hydrogen-bond acceptors (Lipinski definition) is 4. The first-order chi connectivity index (χ1) is 35.7. The van der Waals surface area contributed by atoms with Gasteiger partial charge in [-0.05, 0) is 122 Å². The molecule has 0 radical (unpaired) electrons. The maximum Gasteiger partial charge on any atom is 0.135 e. The number of nitrogens with zero attached hydrogens (tertiary/aromatic N) is 1. The first-order valence-corrected chi connectivity index (χ1v) is 25.6. The molecule has 3 heterocycles. The fourth-order valence-corrected chi connectivity index (χ4v) is 14.4. The van der Waals surface area contributed by atoms with E-state index in [1.807, 2.05) is 23.9 Å². The Labute approximate surface area is 421 Å². The summed E-state index contributed by atoms with van der Waals surface area (Å²) in [5.74, 6) is 1.76. The van der Waals surface area contributed by atoms with Crippen LogP contribution in [0.5, 0.6) is 11.5 Å². The Balaban J connectivity index is 0.984. The van der Waals surface area contributed by atoms with Gasteiger partial charge in [0.1, 0.15) is 22.7 Å². The Morgan fingerprint density at radius 2 is 0.792 bits per heavy atom. The lowest BCUT2D eigenvalue weighted by Gasteiger charge is -2.40. The summed E-state index contributed by atoms with van der Waals surface area (Å²) in [5.41, 5.74) is 21.2. The van der Waals surface area contributed by atoms with Crippen LogP contribution in [-0.4, -0.2) is 0 Å². The van der Waals surface area contributed by atoms with Gasteiger partial charge in [-0.25, -0.2) is 0 Å². The standard InChI is InChI=1S/C68H41NO2S/c1-4-20-49-46(18-1)65-55(67(49)51-22-6-11-31-61(51)71-62-32-12-7-23-52(62)67)26-15-28-57(65)69(44-38-35-42(36-39-44)43-37-40-60-48(41-43)45-17-3-10-30-59(45)70-60)58-29-16-27-56-66(58)47-19-2-5-21-50(47)68(56)53-24-8-13-33-63(53)72-64-34-14-9-25-54(64)68/h1-41H. The van der Waals surface area contributed by atoms with Crippen molar-refractivity contribution in [2.24, 2.45) is 0 Å². The summed E-state index contributed by atoms with van der Waals surface area (Å²) in [6.07, 6.45) is 0. The van der Waals surface area contributed by atoms with Crippen molar-refractivity contribution >= 4 is 50.8 Å². The number of ether oxygens (including phenoxy) is 1. The summed E-state index contributed by atoms with van der Waals surface area (Å²) in [7, 11) is 0. The van der Waals surface area contributed by atoms with Gasteiger partial charge >= 0.3 is 0 Å². The van der Waals surface area contributed by atoms with Crippen LogP contribution in [0.1, 0.15) is 44.5 Å². The predicted molar refractivity (Wildman–Crippen MR) is 293 cm³/mol. The molecule has 4 aliphatic rings. The molecule has 2 spiro atoms. The number of hydrogen-bond donors (Lipinski definition) is 0. The zero-order valence-electron chi connectivity index (χ0n) is 38.8. The molecule has 0 bridgehead atoms. The quantitative estimate of drug-likeness (QED) is 0.176. The molecule has 0 saturated heterocycles. The van der Waals surface area contributed by atoms with Crippen LogP contribution >= 0.6 is 11.8 Å². The Bertz CT molecular complexity index is 3970. The molecular weight excluding hydrogens is 895 g/mol. The fourth-order valence-electron chi connectivity index (χ4n) is 13.3. The van der Waals surface area contributed by atoms with Crippen molar-refractivity contribution in [3.8, 4) is 44.9 Å². The van der Waals surface area contributed by atoms with Crippen LogP contribution in [0.25, 0.3) is 55.3 Å². The van der Waals surface area contributed by atoms with E-state index in [2.05, 4.69) is 241 Å². The van der Waals surface area contributed by atoms with Gasteiger partial charge in [0.25, 0.3) is 0 Å². The van der Waals surface area contributed by atoms with E-state index in [0.29, 0.717) is 0 Å². The minimum Gasteiger partial charge on any atom is -0.457 e. The van der Waals surface area contributed by atoms with E-state index in [4.69, 9.17) is 9.15 Å². The average molecular weight is 936 g/mol. The smallest absolute Gasteiger partial charge is 0.135 e. The summed E-state index contributed by atoms with van der Waals surface area (Å²) in [6.45, 7) is 0. The molecule has 0 saturated carbocycles. The first-order valence-electron chi connectivity index (χ1n) is 24.7. The van der Waals surface area contributed by atoms with Crippen molar-refractivity contribution in [2.75, 3.05) is 4.90 Å². The molecule has 0 unspecified atom stereocenters. The highest BCUT2D eigenvalue weighted by Crippen LogP contribution is 2.67. The molecule has 336 valence electrons. The molecule has 0 atom stereocenters. The Hall–Kier alpha value is -8.83. The maximum atomic E-state index is 6.77. The van der Waals surface area contributed by atoms with Crippen LogP contribution in [0.15, 0.2) is 263 Å². The number of fused-ring (bicyclic) bond motifs is 21. The van der Waals surface area contributed by atoms with E-state index in [1.54, 1.807) is 0 Å². The van der Waals surface area contributed by atoms with E-state index >= 15 is 0 Å². The van der Waals surface area contributed by atoms with E-state index < -0.39 is 10.8 Å². The zero-order valence-corrected chi connectivity index (χ0v) is 39.7. The molecule has 16 rings (SSSR count). The predicted octanol–water partition coefficient (Wildman–Crippen LogP) is 18.0. The highest BCUT2D eigenvalue weighted by Gasteiger charge is 2.54. The van der Waals surface area contributed by atoms with Crippen molar-refractivity contribution < 1.29 is 9.15 Å². The molecule has 2 aliphatic heterocycles. The van der Waals surface area contributed by atoms with Crippen LogP contribution in [0.2, 0.25) is 0 Å². The van der Waals surface area contributed by atoms with Gasteiger partial charge in [-0.1, -0.05) is 194 Å². The van der Waals surface area contributed by atoms with Gasteiger partial charge in [0.2, 0.25) is 0 Å². The topological polar surface area (TPSA) is 25.6 Å². The minimum atomic E-state index is -0.624. The Kier molecular flexibility index (Phi) is 8.24. The van der Waals surface area contributed by atoms with E-state index in [9.17, 15) is 0 Å². The van der Waals surface area contributed by atoms with E-state index in [0.717, 1.165) is 72.8 Å². The first kappa shape index (κ1) is 40.0. The molecule has 0 amide bonds.